The number of aromatic nitrogens is 2. The van der Waals surface area contributed by atoms with Crippen LogP contribution in [0.1, 0.15) is 46.7 Å². The lowest BCUT2D eigenvalue weighted by Gasteiger charge is -2.31. The van der Waals surface area contributed by atoms with Crippen LogP contribution in [0.4, 0.5) is 4.39 Å². The molecular weight excluding hydrogens is 445 g/mol. The summed E-state index contributed by atoms with van der Waals surface area (Å²) < 4.78 is 18.8. The normalized spacial score (nSPS) is 14.6. The SMILES string of the molecule is COc1ccc(C(=O)C2CCN(C(=O)CCCc3nc4c(C)scc4c(=O)[nH]3)CC2)cc1F. The van der Waals surface area contributed by atoms with Crippen LogP contribution >= 0.6 is 11.3 Å². The van der Waals surface area contributed by atoms with Gasteiger partial charge in [0.25, 0.3) is 5.56 Å². The Bertz CT molecular complexity index is 1240. The molecule has 0 radical (unpaired) electrons. The van der Waals surface area contributed by atoms with Crippen molar-refractivity contribution in [1.29, 1.82) is 0 Å². The Labute approximate surface area is 194 Å². The van der Waals surface area contributed by atoms with E-state index < -0.39 is 5.82 Å². The van der Waals surface area contributed by atoms with Gasteiger partial charge in [-0.05, 0) is 44.4 Å². The summed E-state index contributed by atoms with van der Waals surface area (Å²) in [6, 6.07) is 4.25. The number of carbonyl (C=O) groups excluding carboxylic acids is 2. The number of hydrogen-bond acceptors (Lipinski definition) is 6. The molecule has 7 nitrogen and oxygen atoms in total. The lowest BCUT2D eigenvalue weighted by molar-refractivity contribution is -0.132. The van der Waals surface area contributed by atoms with Crippen LogP contribution in [0.2, 0.25) is 0 Å². The fourth-order valence-corrected chi connectivity index (χ4v) is 5.02. The fraction of sp³-hybridized carbons (Fsp3) is 0.417. The third-order valence-electron chi connectivity index (χ3n) is 6.15. The van der Waals surface area contributed by atoms with Crippen LogP contribution in [0, 0.1) is 18.7 Å². The van der Waals surface area contributed by atoms with E-state index in [4.69, 9.17) is 4.74 Å². The van der Waals surface area contributed by atoms with E-state index in [1.807, 2.05) is 12.3 Å². The maximum atomic E-state index is 13.9. The number of aryl methyl sites for hydroxylation is 2. The standard InChI is InChI=1S/C24H26FN3O4S/c1-14-22-17(13-33-14)24(31)27-20(26-22)4-3-5-21(29)28-10-8-15(9-11-28)23(30)16-6-7-19(32-2)18(25)12-16/h6-7,12-13,15H,3-5,8-11H2,1-2H3,(H,26,27,31). The zero-order valence-electron chi connectivity index (χ0n) is 18.7. The third kappa shape index (κ3) is 4.98. The molecule has 0 unspecified atom stereocenters. The Morgan fingerprint density at radius 2 is 2.06 bits per heavy atom. The van der Waals surface area contributed by atoms with E-state index in [2.05, 4.69) is 9.97 Å². The molecule has 1 saturated heterocycles. The number of likely N-dealkylation sites (tertiary alicyclic amines) is 1. The zero-order chi connectivity index (χ0) is 23.5. The first-order valence-electron chi connectivity index (χ1n) is 11.0. The van der Waals surface area contributed by atoms with Crippen LogP contribution in [-0.4, -0.2) is 46.8 Å². The van der Waals surface area contributed by atoms with E-state index in [1.54, 1.807) is 11.0 Å². The quantitative estimate of drug-likeness (QED) is 0.528. The van der Waals surface area contributed by atoms with Gasteiger partial charge in [0, 0.05) is 47.7 Å². The second kappa shape index (κ2) is 9.82. The topological polar surface area (TPSA) is 92.4 Å². The Kier molecular flexibility index (Phi) is 6.88. The highest BCUT2D eigenvalue weighted by Gasteiger charge is 2.28. The summed E-state index contributed by atoms with van der Waals surface area (Å²) >= 11 is 1.50. The van der Waals surface area contributed by atoms with Crippen LogP contribution in [0.5, 0.6) is 5.75 Å². The summed E-state index contributed by atoms with van der Waals surface area (Å²) in [6.45, 7) is 2.94. The number of halogens is 1. The number of amides is 1. The predicted molar refractivity (Wildman–Crippen MR) is 125 cm³/mol. The zero-order valence-corrected chi connectivity index (χ0v) is 19.5. The molecule has 1 aromatic carbocycles. The number of carbonyl (C=O) groups is 2. The number of rotatable bonds is 7. The number of nitrogens with one attached hydrogen (secondary N) is 1. The maximum Gasteiger partial charge on any atom is 0.259 e. The van der Waals surface area contributed by atoms with Crippen molar-refractivity contribution in [2.24, 2.45) is 5.92 Å². The van der Waals surface area contributed by atoms with Crippen molar-refractivity contribution in [3.63, 3.8) is 0 Å². The summed E-state index contributed by atoms with van der Waals surface area (Å²) in [5.74, 6) is -0.143. The Morgan fingerprint density at radius 1 is 1.30 bits per heavy atom. The summed E-state index contributed by atoms with van der Waals surface area (Å²) in [5, 5.41) is 2.41. The molecule has 33 heavy (non-hydrogen) atoms. The second-order valence-electron chi connectivity index (χ2n) is 8.29. The lowest BCUT2D eigenvalue weighted by Crippen LogP contribution is -2.40. The number of ether oxygens (including phenoxy) is 1. The number of benzene rings is 1. The third-order valence-corrected chi connectivity index (χ3v) is 7.05. The first kappa shape index (κ1) is 23.1. The average Bonchev–Trinajstić information content (AvgIpc) is 3.19. The smallest absolute Gasteiger partial charge is 0.259 e. The highest BCUT2D eigenvalue weighted by Crippen LogP contribution is 2.25. The molecule has 9 heteroatoms. The van der Waals surface area contributed by atoms with Gasteiger partial charge in [-0.3, -0.25) is 14.4 Å². The second-order valence-corrected chi connectivity index (χ2v) is 9.37. The van der Waals surface area contributed by atoms with Crippen molar-refractivity contribution in [1.82, 2.24) is 14.9 Å². The largest absolute Gasteiger partial charge is 0.494 e. The van der Waals surface area contributed by atoms with Gasteiger partial charge >= 0.3 is 0 Å². The Hall–Kier alpha value is -3.07. The van der Waals surface area contributed by atoms with E-state index in [0.717, 1.165) is 10.4 Å². The average molecular weight is 472 g/mol. The van der Waals surface area contributed by atoms with Crippen LogP contribution < -0.4 is 10.3 Å². The van der Waals surface area contributed by atoms with Crippen LogP contribution in [0.15, 0.2) is 28.4 Å². The van der Waals surface area contributed by atoms with Crippen LogP contribution in [0.3, 0.4) is 0 Å². The maximum absolute atomic E-state index is 13.9. The highest BCUT2D eigenvalue weighted by molar-refractivity contribution is 7.11. The molecule has 0 bridgehead atoms. The van der Waals surface area contributed by atoms with E-state index in [0.29, 0.717) is 62.0 Å². The van der Waals surface area contributed by atoms with Gasteiger partial charge in [0.1, 0.15) is 5.82 Å². The first-order valence-corrected chi connectivity index (χ1v) is 11.9. The van der Waals surface area contributed by atoms with Gasteiger partial charge in [-0.15, -0.1) is 11.3 Å². The van der Waals surface area contributed by atoms with E-state index in [-0.39, 0.29) is 28.9 Å². The summed E-state index contributed by atoms with van der Waals surface area (Å²) in [6.07, 6.45) is 2.57. The number of fused-ring (bicyclic) bond motifs is 1. The first-order chi connectivity index (χ1) is 15.9. The van der Waals surface area contributed by atoms with Gasteiger partial charge < -0.3 is 14.6 Å². The van der Waals surface area contributed by atoms with Crippen molar-refractivity contribution >= 4 is 33.9 Å². The van der Waals surface area contributed by atoms with Crippen LogP contribution in [-0.2, 0) is 11.2 Å². The van der Waals surface area contributed by atoms with E-state index in [9.17, 15) is 18.8 Å². The minimum Gasteiger partial charge on any atom is -0.494 e. The molecule has 0 spiro atoms. The number of nitrogens with zero attached hydrogens (tertiary/aromatic N) is 2. The van der Waals surface area contributed by atoms with Gasteiger partial charge in [0.15, 0.2) is 17.3 Å². The Morgan fingerprint density at radius 3 is 2.76 bits per heavy atom. The molecule has 0 atom stereocenters. The number of piperidine rings is 1. The highest BCUT2D eigenvalue weighted by atomic mass is 32.1. The minimum absolute atomic E-state index is 0.0338. The molecule has 0 saturated carbocycles. The van der Waals surface area contributed by atoms with Crippen molar-refractivity contribution in [2.45, 2.75) is 39.0 Å². The number of aromatic amines is 1. The molecule has 0 aliphatic carbocycles. The van der Waals surface area contributed by atoms with Gasteiger partial charge in [0.05, 0.1) is 18.0 Å². The van der Waals surface area contributed by atoms with Crippen molar-refractivity contribution in [3.05, 3.63) is 56.0 Å². The van der Waals surface area contributed by atoms with Crippen molar-refractivity contribution in [3.8, 4) is 5.75 Å². The lowest BCUT2D eigenvalue weighted by atomic mass is 9.88. The monoisotopic (exact) mass is 471 g/mol. The van der Waals surface area contributed by atoms with Gasteiger partial charge in [-0.25, -0.2) is 9.37 Å². The van der Waals surface area contributed by atoms with E-state index >= 15 is 0 Å². The van der Waals surface area contributed by atoms with Crippen LogP contribution in [0.25, 0.3) is 10.9 Å². The molecule has 3 aromatic rings. The summed E-state index contributed by atoms with van der Waals surface area (Å²) in [5.41, 5.74) is 0.917. The molecule has 1 aliphatic rings. The molecule has 1 amide bonds. The number of ketones is 1. The number of Topliss-reactive ketones (excluding diaryl/α,β-unsaturated/α-hetero) is 1. The molecule has 174 valence electrons. The summed E-state index contributed by atoms with van der Waals surface area (Å²) in [4.78, 5) is 47.7. The van der Waals surface area contributed by atoms with Crippen molar-refractivity contribution in [2.75, 3.05) is 20.2 Å². The molecule has 1 aliphatic heterocycles. The number of H-pyrrole nitrogens is 1. The molecule has 1 N–H and O–H groups in total. The van der Waals surface area contributed by atoms with E-state index in [1.165, 1.54) is 30.6 Å². The molecule has 2 aromatic heterocycles. The molecule has 1 fully saturated rings. The predicted octanol–water partition coefficient (Wildman–Crippen LogP) is 3.88. The fourth-order valence-electron chi connectivity index (χ4n) is 4.24. The number of methoxy groups -OCH3 is 1. The molecule has 3 heterocycles. The molecular formula is C24H26FN3O4S. The van der Waals surface area contributed by atoms with Gasteiger partial charge in [-0.1, -0.05) is 0 Å². The molecule has 4 rings (SSSR count). The number of hydrogen-bond donors (Lipinski definition) is 1. The summed E-state index contributed by atoms with van der Waals surface area (Å²) in [7, 11) is 1.38. The Balaban J connectivity index is 1.27. The van der Waals surface area contributed by atoms with Crippen molar-refractivity contribution < 1.29 is 18.7 Å². The number of thiophene rings is 1. The van der Waals surface area contributed by atoms with Gasteiger partial charge in [-0.2, -0.15) is 0 Å². The minimum atomic E-state index is -0.555. The van der Waals surface area contributed by atoms with Gasteiger partial charge in [0.2, 0.25) is 5.91 Å².